The molecule has 3 rings (SSSR count). The van der Waals surface area contributed by atoms with Crippen LogP contribution in [0.15, 0.2) is 41.4 Å². The molecule has 1 amide bonds. The lowest BCUT2D eigenvalue weighted by atomic mass is 9.98. The maximum Gasteiger partial charge on any atom is 0.410 e. The van der Waals surface area contributed by atoms with Crippen molar-refractivity contribution in [2.45, 2.75) is 44.9 Å². The number of amides is 1. The van der Waals surface area contributed by atoms with E-state index in [0.29, 0.717) is 6.54 Å². The van der Waals surface area contributed by atoms with E-state index in [0.717, 1.165) is 17.8 Å². The molecule has 2 heterocycles. The predicted molar refractivity (Wildman–Crippen MR) is 75.0 cm³/mol. The molecular formula is C16H19NO3. The van der Waals surface area contributed by atoms with Crippen molar-refractivity contribution in [1.29, 1.82) is 0 Å². The van der Waals surface area contributed by atoms with Crippen molar-refractivity contribution in [1.82, 2.24) is 4.90 Å². The highest BCUT2D eigenvalue weighted by atomic mass is 16.6. The van der Waals surface area contributed by atoms with Gasteiger partial charge in [-0.15, -0.1) is 5.73 Å². The van der Waals surface area contributed by atoms with Gasteiger partial charge in [0.1, 0.15) is 17.5 Å². The highest BCUT2D eigenvalue weighted by Crippen LogP contribution is 2.38. The summed E-state index contributed by atoms with van der Waals surface area (Å²) in [5, 5.41) is 0. The van der Waals surface area contributed by atoms with Crippen LogP contribution in [-0.2, 0) is 9.47 Å². The molecule has 0 spiro atoms. The van der Waals surface area contributed by atoms with Gasteiger partial charge in [0.25, 0.3) is 0 Å². The van der Waals surface area contributed by atoms with Gasteiger partial charge in [-0.2, -0.15) is 0 Å². The quantitative estimate of drug-likeness (QED) is 0.637. The van der Waals surface area contributed by atoms with Crippen molar-refractivity contribution >= 4 is 6.09 Å². The van der Waals surface area contributed by atoms with Gasteiger partial charge in [-0.3, -0.25) is 4.90 Å². The number of hydrogen-bond acceptors (Lipinski definition) is 3. The minimum atomic E-state index is -0.480. The molecule has 4 heteroatoms. The number of allylic oxidation sites excluding steroid dienone is 3. The first-order chi connectivity index (χ1) is 9.44. The molecule has 2 fully saturated rings. The first kappa shape index (κ1) is 13.1. The van der Waals surface area contributed by atoms with Gasteiger partial charge in [-0.05, 0) is 45.1 Å². The summed E-state index contributed by atoms with van der Waals surface area (Å²) in [4.78, 5) is 14.1. The first-order valence-electron chi connectivity index (χ1n) is 6.94. The Bertz CT molecular complexity index is 559. The monoisotopic (exact) mass is 273 g/mol. The summed E-state index contributed by atoms with van der Waals surface area (Å²) >= 11 is 0. The Kier molecular flexibility index (Phi) is 2.98. The summed E-state index contributed by atoms with van der Waals surface area (Å²) < 4.78 is 11.4. The minimum Gasteiger partial charge on any atom is -0.488 e. The number of carbonyl (C=O) groups excluding carboxylic acids is 1. The number of carbonyl (C=O) groups is 1. The van der Waals surface area contributed by atoms with Gasteiger partial charge < -0.3 is 9.47 Å². The lowest BCUT2D eigenvalue weighted by Gasteiger charge is -2.30. The van der Waals surface area contributed by atoms with Gasteiger partial charge in [0, 0.05) is 12.0 Å². The van der Waals surface area contributed by atoms with Gasteiger partial charge in [0.15, 0.2) is 0 Å². The molecule has 0 unspecified atom stereocenters. The SMILES string of the molecule is CC(C)(C)OC(=O)N1C[C@@H]2C[C@H]1C1=CC=C=CC=C1O2. The highest BCUT2D eigenvalue weighted by Gasteiger charge is 2.45. The maximum atomic E-state index is 12.3. The second-order valence-electron chi connectivity index (χ2n) is 6.28. The standard InChI is InChI=1S/C16H19NO3/c1-16(2,3)20-15(18)17-10-11-9-13(17)12-7-5-4-6-8-14(12)19-11/h5-8,11,13H,9-10H2,1-3H3/t11-,13-/m0/s1. The average molecular weight is 273 g/mol. The number of ether oxygens (including phenoxy) is 2. The fourth-order valence-corrected chi connectivity index (χ4v) is 2.76. The topological polar surface area (TPSA) is 38.8 Å². The molecule has 0 aromatic carbocycles. The summed E-state index contributed by atoms with van der Waals surface area (Å²) in [7, 11) is 0. The zero-order chi connectivity index (χ0) is 14.3. The number of fused-ring (bicyclic) bond motifs is 4. The number of hydrogen-bond donors (Lipinski definition) is 0. The molecule has 2 atom stereocenters. The zero-order valence-electron chi connectivity index (χ0n) is 12.1. The van der Waals surface area contributed by atoms with E-state index in [4.69, 9.17) is 9.47 Å². The fourth-order valence-electron chi connectivity index (χ4n) is 2.76. The van der Waals surface area contributed by atoms with E-state index in [-0.39, 0.29) is 18.2 Å². The second kappa shape index (κ2) is 4.57. The van der Waals surface area contributed by atoms with Crippen molar-refractivity contribution in [2.75, 3.05) is 6.54 Å². The van der Waals surface area contributed by atoms with Crippen molar-refractivity contribution < 1.29 is 14.3 Å². The van der Waals surface area contributed by atoms with Crippen LogP contribution in [0, 0.1) is 0 Å². The highest BCUT2D eigenvalue weighted by molar-refractivity contribution is 5.70. The van der Waals surface area contributed by atoms with Crippen molar-refractivity contribution in [2.24, 2.45) is 0 Å². The molecule has 0 aromatic heterocycles. The summed E-state index contributed by atoms with van der Waals surface area (Å²) in [6.45, 7) is 6.23. The van der Waals surface area contributed by atoms with Gasteiger partial charge in [-0.1, -0.05) is 0 Å². The van der Waals surface area contributed by atoms with Crippen LogP contribution < -0.4 is 0 Å². The smallest absolute Gasteiger partial charge is 0.410 e. The van der Waals surface area contributed by atoms with Crippen LogP contribution in [0.3, 0.4) is 0 Å². The molecule has 4 nitrogen and oxygen atoms in total. The third kappa shape index (κ3) is 2.39. The molecule has 106 valence electrons. The average Bonchev–Trinajstić information content (AvgIpc) is 2.53. The van der Waals surface area contributed by atoms with Crippen molar-refractivity contribution in [3.63, 3.8) is 0 Å². The summed E-state index contributed by atoms with van der Waals surface area (Å²) in [6, 6.07) is 0.0411. The van der Waals surface area contributed by atoms with E-state index in [1.54, 1.807) is 4.90 Å². The van der Waals surface area contributed by atoms with E-state index < -0.39 is 5.60 Å². The van der Waals surface area contributed by atoms with Gasteiger partial charge >= 0.3 is 6.09 Å². The van der Waals surface area contributed by atoms with Gasteiger partial charge in [0.2, 0.25) is 0 Å². The lowest BCUT2D eigenvalue weighted by molar-refractivity contribution is 0.0245. The first-order valence-corrected chi connectivity index (χ1v) is 6.94. The van der Waals surface area contributed by atoms with E-state index in [1.165, 1.54) is 0 Å². The molecule has 2 bridgehead atoms. The molecule has 20 heavy (non-hydrogen) atoms. The van der Waals surface area contributed by atoms with E-state index >= 15 is 0 Å². The molecule has 1 aliphatic carbocycles. The van der Waals surface area contributed by atoms with Crippen LogP contribution in [0.4, 0.5) is 4.79 Å². The maximum absolute atomic E-state index is 12.3. The molecular weight excluding hydrogens is 254 g/mol. The van der Waals surface area contributed by atoms with Gasteiger partial charge in [0.05, 0.1) is 12.6 Å². The normalized spacial score (nSPS) is 27.2. The Morgan fingerprint density at radius 1 is 1.40 bits per heavy atom. The van der Waals surface area contributed by atoms with Gasteiger partial charge in [-0.25, -0.2) is 4.79 Å². The Morgan fingerprint density at radius 2 is 2.15 bits per heavy atom. The molecule has 2 aliphatic heterocycles. The number of rotatable bonds is 0. The van der Waals surface area contributed by atoms with Crippen molar-refractivity contribution in [3.05, 3.63) is 41.4 Å². The number of likely N-dealkylation sites (tertiary alicyclic amines) is 1. The Morgan fingerprint density at radius 3 is 2.90 bits per heavy atom. The predicted octanol–water partition coefficient (Wildman–Crippen LogP) is 2.93. The zero-order valence-corrected chi connectivity index (χ0v) is 12.1. The largest absolute Gasteiger partial charge is 0.488 e. The third-order valence-corrected chi connectivity index (χ3v) is 3.52. The lowest BCUT2D eigenvalue weighted by Crippen LogP contribution is -2.40. The van der Waals surface area contributed by atoms with Crippen LogP contribution >= 0.6 is 0 Å². The van der Waals surface area contributed by atoms with Crippen LogP contribution in [-0.4, -0.2) is 35.3 Å². The van der Waals surface area contributed by atoms with Crippen LogP contribution in [0.2, 0.25) is 0 Å². The molecule has 0 aromatic rings. The summed E-state index contributed by atoms with van der Waals surface area (Å²) in [5.41, 5.74) is 3.58. The molecule has 0 saturated carbocycles. The van der Waals surface area contributed by atoms with E-state index in [1.807, 2.05) is 45.1 Å². The van der Waals surface area contributed by atoms with E-state index in [9.17, 15) is 4.79 Å². The van der Waals surface area contributed by atoms with E-state index in [2.05, 4.69) is 5.73 Å². The minimum absolute atomic E-state index is 0.0411. The van der Waals surface area contributed by atoms with Crippen LogP contribution in [0.1, 0.15) is 27.2 Å². The second-order valence-corrected chi connectivity index (χ2v) is 6.28. The third-order valence-electron chi connectivity index (χ3n) is 3.52. The van der Waals surface area contributed by atoms with Crippen LogP contribution in [0.5, 0.6) is 0 Å². The summed E-state index contributed by atoms with van der Waals surface area (Å²) in [6.07, 6.45) is 8.19. The summed E-state index contributed by atoms with van der Waals surface area (Å²) in [5.74, 6) is 0.846. The fraction of sp³-hybridized carbons (Fsp3) is 0.500. The van der Waals surface area contributed by atoms with Crippen LogP contribution in [0.25, 0.3) is 0 Å². The molecule has 0 radical (unpaired) electrons. The number of nitrogens with zero attached hydrogens (tertiary/aromatic N) is 1. The molecule has 3 aliphatic rings. The Balaban J connectivity index is 1.85. The van der Waals surface area contributed by atoms with Crippen molar-refractivity contribution in [3.8, 4) is 0 Å². The Hall–Kier alpha value is -1.93. The Labute approximate surface area is 119 Å². The molecule has 0 N–H and O–H groups in total. The molecule has 2 saturated heterocycles.